The maximum absolute atomic E-state index is 6.39. The van der Waals surface area contributed by atoms with E-state index in [9.17, 15) is 0 Å². The zero-order valence-electron chi connectivity index (χ0n) is 34.4. The third-order valence-corrected chi connectivity index (χ3v) is 12.4. The molecule has 0 N–H and O–H groups in total. The molecule has 0 aliphatic rings. The highest BCUT2D eigenvalue weighted by Gasteiger charge is 2.18. The first-order chi connectivity index (χ1) is 31.2. The lowest BCUT2D eigenvalue weighted by molar-refractivity contribution is 0.670. The molecule has 12 aromatic rings. The van der Waals surface area contributed by atoms with Gasteiger partial charge in [0, 0.05) is 49.7 Å². The second-order valence-electron chi connectivity index (χ2n) is 16.1. The summed E-state index contributed by atoms with van der Waals surface area (Å²) in [6.45, 7) is 0. The molecule has 0 aliphatic carbocycles. The Morgan fingerprint density at radius 1 is 0.302 bits per heavy atom. The molecule has 0 spiro atoms. The monoisotopic (exact) mass is 804 g/mol. The average Bonchev–Trinajstić information content (AvgIpc) is 3.91. The summed E-state index contributed by atoms with van der Waals surface area (Å²) >= 11 is 0. The van der Waals surface area contributed by atoms with Gasteiger partial charge in [-0.2, -0.15) is 0 Å². The van der Waals surface area contributed by atoms with Crippen LogP contribution in [0, 0.1) is 0 Å². The summed E-state index contributed by atoms with van der Waals surface area (Å²) in [6.07, 6.45) is 0. The summed E-state index contributed by atoms with van der Waals surface area (Å²) in [5.74, 6) is 0. The van der Waals surface area contributed by atoms with E-state index in [1.165, 1.54) is 38.5 Å². The summed E-state index contributed by atoms with van der Waals surface area (Å²) in [6, 6.07) is 87.1. The first kappa shape index (κ1) is 36.5. The Labute approximate surface area is 366 Å². The van der Waals surface area contributed by atoms with Crippen molar-refractivity contribution in [2.24, 2.45) is 0 Å². The number of anilines is 3. The van der Waals surface area contributed by atoms with Crippen LogP contribution in [-0.2, 0) is 0 Å². The lowest BCUT2D eigenvalue weighted by atomic mass is 9.98. The predicted octanol–water partition coefficient (Wildman–Crippen LogP) is 16.8. The van der Waals surface area contributed by atoms with Crippen LogP contribution in [0.4, 0.5) is 17.1 Å². The molecule has 63 heavy (non-hydrogen) atoms. The number of hydrogen-bond donors (Lipinski definition) is 0. The van der Waals surface area contributed by atoms with Crippen LogP contribution in [0.1, 0.15) is 0 Å². The third kappa shape index (κ3) is 6.38. The molecule has 0 unspecified atom stereocenters. The third-order valence-electron chi connectivity index (χ3n) is 12.4. The normalized spacial score (nSPS) is 11.5. The number of benzene rings is 10. The van der Waals surface area contributed by atoms with E-state index in [0.29, 0.717) is 0 Å². The first-order valence-corrected chi connectivity index (χ1v) is 21.5. The molecule has 10 aromatic carbocycles. The fourth-order valence-corrected chi connectivity index (χ4v) is 9.43. The minimum atomic E-state index is 0.908. The highest BCUT2D eigenvalue weighted by Crippen LogP contribution is 2.42. The summed E-state index contributed by atoms with van der Waals surface area (Å²) in [4.78, 5) is 2.37. The van der Waals surface area contributed by atoms with Gasteiger partial charge in [0.05, 0.1) is 16.7 Å². The van der Waals surface area contributed by atoms with E-state index in [1.54, 1.807) is 0 Å². The molecule has 0 saturated carbocycles. The fraction of sp³-hybridized carbons (Fsp3) is 0. The van der Waals surface area contributed by atoms with Gasteiger partial charge in [0.2, 0.25) is 0 Å². The van der Waals surface area contributed by atoms with Gasteiger partial charge in [-0.3, -0.25) is 0 Å². The number of rotatable bonds is 8. The maximum atomic E-state index is 6.39. The van der Waals surface area contributed by atoms with Crippen molar-refractivity contribution in [1.29, 1.82) is 0 Å². The largest absolute Gasteiger partial charge is 0.455 e. The Hall–Kier alpha value is -8.40. The molecule has 0 atom stereocenters. The van der Waals surface area contributed by atoms with Crippen LogP contribution in [0.5, 0.6) is 0 Å². The SMILES string of the molecule is c1ccc(-c2cccc(N(c3ccc(-c4ccccc4-n4c5ccccc5c5ccccc54)cc3)c3cccc(-c4ccc(-c5cccc6c5oc5ccccc56)cc4)c3)c2)cc1. The highest BCUT2D eigenvalue weighted by atomic mass is 16.3. The second kappa shape index (κ2) is 15.3. The van der Waals surface area contributed by atoms with Gasteiger partial charge in [-0.05, 0) is 94.0 Å². The molecule has 0 fully saturated rings. The molecular weight excluding hydrogens is 765 g/mol. The molecule has 3 nitrogen and oxygen atoms in total. The number of fused-ring (bicyclic) bond motifs is 6. The molecule has 2 heterocycles. The van der Waals surface area contributed by atoms with Gasteiger partial charge in [-0.1, -0.05) is 182 Å². The van der Waals surface area contributed by atoms with Gasteiger partial charge < -0.3 is 13.9 Å². The minimum Gasteiger partial charge on any atom is -0.455 e. The smallest absolute Gasteiger partial charge is 0.143 e. The molecule has 0 amide bonds. The average molecular weight is 805 g/mol. The van der Waals surface area contributed by atoms with Gasteiger partial charge in [-0.25, -0.2) is 0 Å². The highest BCUT2D eigenvalue weighted by molar-refractivity contribution is 6.10. The van der Waals surface area contributed by atoms with E-state index in [0.717, 1.165) is 72.5 Å². The van der Waals surface area contributed by atoms with Crippen LogP contribution in [0.3, 0.4) is 0 Å². The van der Waals surface area contributed by atoms with E-state index in [1.807, 2.05) is 12.1 Å². The lowest BCUT2D eigenvalue weighted by Crippen LogP contribution is -2.10. The molecular formula is C60H40N2O. The van der Waals surface area contributed by atoms with Crippen molar-refractivity contribution < 1.29 is 4.42 Å². The van der Waals surface area contributed by atoms with Crippen molar-refractivity contribution in [3.63, 3.8) is 0 Å². The van der Waals surface area contributed by atoms with Crippen LogP contribution in [0.25, 0.3) is 93.9 Å². The first-order valence-electron chi connectivity index (χ1n) is 21.5. The molecule has 12 rings (SSSR count). The minimum absolute atomic E-state index is 0.908. The Morgan fingerprint density at radius 2 is 0.778 bits per heavy atom. The van der Waals surface area contributed by atoms with Crippen molar-refractivity contribution in [2.45, 2.75) is 0 Å². The van der Waals surface area contributed by atoms with Crippen LogP contribution < -0.4 is 4.90 Å². The predicted molar refractivity (Wildman–Crippen MR) is 264 cm³/mol. The van der Waals surface area contributed by atoms with Crippen molar-refractivity contribution >= 4 is 60.8 Å². The van der Waals surface area contributed by atoms with Gasteiger partial charge in [0.15, 0.2) is 0 Å². The Balaban J connectivity index is 0.939. The summed E-state index contributed by atoms with van der Waals surface area (Å²) in [5, 5.41) is 4.78. The molecule has 0 saturated heterocycles. The summed E-state index contributed by atoms with van der Waals surface area (Å²) in [5.41, 5.74) is 17.8. The van der Waals surface area contributed by atoms with E-state index in [2.05, 4.69) is 240 Å². The molecule has 0 aliphatic heterocycles. The Kier molecular flexibility index (Phi) is 8.83. The number of furan rings is 1. The topological polar surface area (TPSA) is 21.3 Å². The van der Waals surface area contributed by atoms with Crippen molar-refractivity contribution in [3.8, 4) is 50.2 Å². The summed E-state index contributed by atoms with van der Waals surface area (Å²) in [7, 11) is 0. The van der Waals surface area contributed by atoms with Crippen molar-refractivity contribution in [3.05, 3.63) is 243 Å². The molecule has 0 bridgehead atoms. The van der Waals surface area contributed by atoms with E-state index < -0.39 is 0 Å². The molecule has 2 aromatic heterocycles. The van der Waals surface area contributed by atoms with E-state index in [-0.39, 0.29) is 0 Å². The van der Waals surface area contributed by atoms with Crippen LogP contribution in [0.2, 0.25) is 0 Å². The zero-order chi connectivity index (χ0) is 41.7. The van der Waals surface area contributed by atoms with E-state index in [4.69, 9.17) is 4.42 Å². The van der Waals surface area contributed by atoms with Gasteiger partial charge in [0.25, 0.3) is 0 Å². The number of nitrogens with zero attached hydrogens (tertiary/aromatic N) is 2. The van der Waals surface area contributed by atoms with Crippen molar-refractivity contribution in [1.82, 2.24) is 4.57 Å². The number of hydrogen-bond acceptors (Lipinski definition) is 2. The van der Waals surface area contributed by atoms with Crippen LogP contribution in [0.15, 0.2) is 247 Å². The van der Waals surface area contributed by atoms with Gasteiger partial charge in [0.1, 0.15) is 11.2 Å². The van der Waals surface area contributed by atoms with Crippen LogP contribution >= 0.6 is 0 Å². The fourth-order valence-electron chi connectivity index (χ4n) is 9.43. The lowest BCUT2D eigenvalue weighted by Gasteiger charge is -2.27. The molecule has 0 radical (unpaired) electrons. The van der Waals surface area contributed by atoms with Crippen molar-refractivity contribution in [2.75, 3.05) is 4.90 Å². The van der Waals surface area contributed by atoms with E-state index >= 15 is 0 Å². The quantitative estimate of drug-likeness (QED) is 0.153. The molecule has 296 valence electrons. The number of para-hydroxylation sites is 5. The van der Waals surface area contributed by atoms with Gasteiger partial charge in [-0.15, -0.1) is 0 Å². The Morgan fingerprint density at radius 3 is 1.48 bits per heavy atom. The molecule has 3 heteroatoms. The van der Waals surface area contributed by atoms with Crippen LogP contribution in [-0.4, -0.2) is 4.57 Å². The second-order valence-corrected chi connectivity index (χ2v) is 16.1. The van der Waals surface area contributed by atoms with Gasteiger partial charge >= 0.3 is 0 Å². The number of aromatic nitrogens is 1. The Bertz CT molecular complexity index is 3560. The standard InChI is InChI=1S/C60H40N2O/c1-2-15-41(16-3-1)45-17-12-19-48(39-45)61(47-37-35-43(36-38-47)50-21-4-8-27-56(50)62-57-28-9-5-22-52(57)53-23-6-10-29-58(53)62)49-20-13-18-46(40-49)42-31-33-44(34-32-42)51-25-14-26-55-54-24-7-11-30-59(54)63-60(51)55/h1-40H. The maximum Gasteiger partial charge on any atom is 0.143 e. The zero-order valence-corrected chi connectivity index (χ0v) is 34.4. The summed E-state index contributed by atoms with van der Waals surface area (Å²) < 4.78 is 8.80.